The molecule has 88 valence electrons. The summed E-state index contributed by atoms with van der Waals surface area (Å²) in [5.41, 5.74) is 1.16. The van der Waals surface area contributed by atoms with Gasteiger partial charge in [-0.2, -0.15) is 5.10 Å². The Balaban J connectivity index is 1.92. The first-order valence-corrected chi connectivity index (χ1v) is 6.39. The van der Waals surface area contributed by atoms with Crippen molar-refractivity contribution in [1.82, 2.24) is 10.2 Å². The van der Waals surface area contributed by atoms with E-state index in [0.29, 0.717) is 5.02 Å². The lowest BCUT2D eigenvalue weighted by molar-refractivity contribution is 0.0327. The quantitative estimate of drug-likeness (QED) is 0.815. The summed E-state index contributed by atoms with van der Waals surface area (Å²) in [5, 5.41) is 19.4. The predicted octanol–water partition coefficient (Wildman–Crippen LogP) is 2.83. The molecule has 0 radical (unpaired) electrons. The second-order valence-electron chi connectivity index (χ2n) is 5.48. The molecule has 2 aliphatic rings. The number of hydrogen-bond acceptors (Lipinski definition) is 2. The fourth-order valence-electron chi connectivity index (χ4n) is 3.38. The fraction of sp³-hybridized carbons (Fsp3) is 0.462. The number of benzene rings is 1. The molecule has 1 unspecified atom stereocenters. The maximum absolute atomic E-state index is 10.8. The number of aromatic nitrogens is 2. The van der Waals surface area contributed by atoms with Crippen molar-refractivity contribution < 1.29 is 5.11 Å². The molecule has 1 aromatic carbocycles. The van der Waals surface area contributed by atoms with E-state index in [1.165, 1.54) is 6.42 Å². The highest BCUT2D eigenvalue weighted by atomic mass is 35.5. The van der Waals surface area contributed by atoms with Gasteiger partial charge in [0.15, 0.2) is 0 Å². The molecule has 4 rings (SSSR count). The van der Waals surface area contributed by atoms with Crippen LogP contribution in [0.4, 0.5) is 0 Å². The molecule has 1 aromatic heterocycles. The third kappa shape index (κ3) is 1.36. The summed E-state index contributed by atoms with van der Waals surface area (Å²) in [6.07, 6.45) is 4.82. The number of nitrogens with zero attached hydrogens (tertiary/aromatic N) is 1. The van der Waals surface area contributed by atoms with Gasteiger partial charge in [0.25, 0.3) is 0 Å². The SMILES string of the molecule is OC1(c2cc(Cl)cc3[nH]ncc23)C[C@H]2C[C@H]2C1. The van der Waals surface area contributed by atoms with Gasteiger partial charge in [-0.25, -0.2) is 0 Å². The zero-order valence-electron chi connectivity index (χ0n) is 9.28. The van der Waals surface area contributed by atoms with Gasteiger partial charge in [0.2, 0.25) is 0 Å². The third-order valence-electron chi connectivity index (χ3n) is 4.29. The zero-order chi connectivity index (χ0) is 11.6. The van der Waals surface area contributed by atoms with Gasteiger partial charge in [0.05, 0.1) is 17.3 Å². The topological polar surface area (TPSA) is 48.9 Å². The molecular formula is C13H13ClN2O. The Morgan fingerprint density at radius 1 is 1.35 bits per heavy atom. The smallest absolute Gasteiger partial charge is 0.0909 e. The number of fused-ring (bicyclic) bond motifs is 2. The molecular weight excluding hydrogens is 236 g/mol. The van der Waals surface area contributed by atoms with Crippen molar-refractivity contribution in [1.29, 1.82) is 0 Å². The van der Waals surface area contributed by atoms with Crippen molar-refractivity contribution in [2.24, 2.45) is 11.8 Å². The van der Waals surface area contributed by atoms with Crippen molar-refractivity contribution in [3.63, 3.8) is 0 Å². The minimum absolute atomic E-state index is 0.658. The highest BCUT2D eigenvalue weighted by molar-refractivity contribution is 6.31. The van der Waals surface area contributed by atoms with E-state index >= 15 is 0 Å². The molecule has 2 saturated carbocycles. The number of aromatic amines is 1. The van der Waals surface area contributed by atoms with Crippen LogP contribution < -0.4 is 0 Å². The summed E-state index contributed by atoms with van der Waals surface area (Å²) in [5.74, 6) is 1.45. The summed E-state index contributed by atoms with van der Waals surface area (Å²) in [4.78, 5) is 0. The molecule has 2 fully saturated rings. The van der Waals surface area contributed by atoms with Gasteiger partial charge in [0, 0.05) is 10.4 Å². The summed E-state index contributed by atoms with van der Waals surface area (Å²) in [6.45, 7) is 0. The van der Waals surface area contributed by atoms with Gasteiger partial charge >= 0.3 is 0 Å². The molecule has 0 spiro atoms. The first-order chi connectivity index (χ1) is 8.16. The van der Waals surface area contributed by atoms with Gasteiger partial charge in [-0.05, 0) is 48.8 Å². The number of H-pyrrole nitrogens is 1. The standard InChI is InChI=1S/C13H13ClN2O/c14-9-2-11(10-6-15-16-12(10)3-9)13(17)4-7-1-8(7)5-13/h2-3,6-8,17H,1,4-5H2,(H,15,16)/t7-,8+,13?. The average Bonchev–Trinajstić information content (AvgIpc) is 2.75. The van der Waals surface area contributed by atoms with Crippen LogP contribution in [0.3, 0.4) is 0 Å². The molecule has 0 amide bonds. The number of hydrogen-bond donors (Lipinski definition) is 2. The van der Waals surface area contributed by atoms with Crippen molar-refractivity contribution in [2.75, 3.05) is 0 Å². The van der Waals surface area contributed by atoms with Crippen molar-refractivity contribution >= 4 is 22.5 Å². The first kappa shape index (κ1) is 9.92. The van der Waals surface area contributed by atoms with Gasteiger partial charge in [-0.1, -0.05) is 11.6 Å². The van der Waals surface area contributed by atoms with Crippen molar-refractivity contribution in [3.8, 4) is 0 Å². The fourth-order valence-corrected chi connectivity index (χ4v) is 3.60. The Morgan fingerprint density at radius 2 is 2.12 bits per heavy atom. The van der Waals surface area contributed by atoms with Crippen LogP contribution >= 0.6 is 11.6 Å². The van der Waals surface area contributed by atoms with E-state index in [-0.39, 0.29) is 0 Å². The lowest BCUT2D eigenvalue weighted by Gasteiger charge is -2.26. The van der Waals surface area contributed by atoms with Crippen LogP contribution in [-0.4, -0.2) is 15.3 Å². The van der Waals surface area contributed by atoms with E-state index in [0.717, 1.165) is 41.1 Å². The molecule has 0 bridgehead atoms. The zero-order valence-corrected chi connectivity index (χ0v) is 10.0. The monoisotopic (exact) mass is 248 g/mol. The number of aliphatic hydroxyl groups is 1. The average molecular weight is 249 g/mol. The molecule has 0 aliphatic heterocycles. The van der Waals surface area contributed by atoms with E-state index in [9.17, 15) is 5.11 Å². The largest absolute Gasteiger partial charge is 0.385 e. The molecule has 2 N–H and O–H groups in total. The van der Waals surface area contributed by atoms with Crippen molar-refractivity contribution in [2.45, 2.75) is 24.9 Å². The van der Waals surface area contributed by atoms with Crippen LogP contribution in [0.25, 0.3) is 10.9 Å². The Bertz CT molecular complexity index is 596. The molecule has 2 aromatic rings. The minimum atomic E-state index is -0.694. The number of halogens is 1. The normalized spacial score (nSPS) is 35.2. The summed E-state index contributed by atoms with van der Waals surface area (Å²) in [7, 11) is 0. The predicted molar refractivity (Wildman–Crippen MR) is 65.8 cm³/mol. The second-order valence-corrected chi connectivity index (χ2v) is 5.92. The van der Waals surface area contributed by atoms with Crippen LogP contribution in [0.1, 0.15) is 24.8 Å². The Hall–Kier alpha value is -1.06. The lowest BCUT2D eigenvalue weighted by atomic mass is 9.87. The Kier molecular flexibility index (Phi) is 1.77. The number of rotatable bonds is 1. The van der Waals surface area contributed by atoms with Crippen LogP contribution in [0, 0.1) is 11.8 Å². The van der Waals surface area contributed by atoms with E-state index in [1.54, 1.807) is 6.20 Å². The van der Waals surface area contributed by atoms with Gasteiger partial charge < -0.3 is 5.11 Å². The Labute approximate surface area is 104 Å². The molecule has 3 nitrogen and oxygen atoms in total. The molecule has 0 saturated heterocycles. The lowest BCUT2D eigenvalue weighted by Crippen LogP contribution is -2.23. The maximum atomic E-state index is 10.8. The van der Waals surface area contributed by atoms with Gasteiger partial charge in [-0.15, -0.1) is 0 Å². The van der Waals surface area contributed by atoms with Gasteiger partial charge in [-0.3, -0.25) is 5.10 Å². The van der Waals surface area contributed by atoms with Crippen LogP contribution in [0.5, 0.6) is 0 Å². The van der Waals surface area contributed by atoms with E-state index < -0.39 is 5.60 Å². The minimum Gasteiger partial charge on any atom is -0.385 e. The summed E-state index contributed by atoms with van der Waals surface area (Å²) in [6, 6.07) is 3.75. The first-order valence-electron chi connectivity index (χ1n) is 6.01. The molecule has 1 heterocycles. The number of nitrogens with one attached hydrogen (secondary N) is 1. The van der Waals surface area contributed by atoms with Gasteiger partial charge in [0.1, 0.15) is 0 Å². The van der Waals surface area contributed by atoms with Crippen LogP contribution in [0.2, 0.25) is 5.02 Å². The van der Waals surface area contributed by atoms with Crippen LogP contribution in [-0.2, 0) is 5.60 Å². The Morgan fingerprint density at radius 3 is 2.88 bits per heavy atom. The molecule has 4 heteroatoms. The maximum Gasteiger partial charge on any atom is 0.0909 e. The second kappa shape index (κ2) is 3.03. The third-order valence-corrected chi connectivity index (χ3v) is 4.51. The van der Waals surface area contributed by atoms with E-state index in [1.807, 2.05) is 12.1 Å². The highest BCUT2D eigenvalue weighted by Gasteiger charge is 2.54. The van der Waals surface area contributed by atoms with E-state index in [2.05, 4.69) is 10.2 Å². The van der Waals surface area contributed by atoms with Crippen molar-refractivity contribution in [3.05, 3.63) is 28.9 Å². The molecule has 2 aliphatic carbocycles. The van der Waals surface area contributed by atoms with E-state index in [4.69, 9.17) is 11.6 Å². The summed E-state index contributed by atoms with van der Waals surface area (Å²) < 4.78 is 0. The molecule has 17 heavy (non-hydrogen) atoms. The summed E-state index contributed by atoms with van der Waals surface area (Å²) >= 11 is 6.11. The highest BCUT2D eigenvalue weighted by Crippen LogP contribution is 2.60. The van der Waals surface area contributed by atoms with Crippen LogP contribution in [0.15, 0.2) is 18.3 Å². The molecule has 3 atom stereocenters.